The molecule has 0 atom stereocenters. The van der Waals surface area contributed by atoms with Gasteiger partial charge in [-0.1, -0.05) is 12.1 Å². The monoisotopic (exact) mass is 277 g/mol. The maximum absolute atomic E-state index is 11.7. The first-order chi connectivity index (χ1) is 9.43. The highest BCUT2D eigenvalue weighted by Gasteiger charge is 2.12. The average Bonchev–Trinajstić information content (AvgIpc) is 2.39. The third kappa shape index (κ3) is 4.64. The van der Waals surface area contributed by atoms with Gasteiger partial charge in [0.25, 0.3) is 5.69 Å². The van der Waals surface area contributed by atoms with Gasteiger partial charge in [0.1, 0.15) is 6.42 Å². The van der Waals surface area contributed by atoms with Crippen LogP contribution < -0.4 is 0 Å². The maximum atomic E-state index is 11.7. The molecule has 0 spiro atoms. The number of rotatable bonds is 6. The molecule has 0 N–H and O–H groups in total. The minimum absolute atomic E-state index is 0.0515. The fourth-order valence-electron chi connectivity index (χ4n) is 1.54. The third-order valence-corrected chi connectivity index (χ3v) is 2.51. The van der Waals surface area contributed by atoms with E-state index in [1.54, 1.807) is 19.9 Å². The first kappa shape index (κ1) is 15.6. The van der Waals surface area contributed by atoms with Crippen LogP contribution in [0.5, 0.6) is 0 Å². The van der Waals surface area contributed by atoms with Crippen LogP contribution in [0, 0.1) is 10.1 Å². The van der Waals surface area contributed by atoms with E-state index in [-0.39, 0.29) is 24.5 Å². The van der Waals surface area contributed by atoms with Crippen molar-refractivity contribution in [3.63, 3.8) is 0 Å². The molecule has 0 aromatic heterocycles. The summed E-state index contributed by atoms with van der Waals surface area (Å²) in [5.74, 6) is -0.945. The molecule has 0 bridgehead atoms. The SMILES string of the molecule is CCOC(=O)CC(=O)C(C)=Cc1cccc([N+](=O)[O-])c1. The summed E-state index contributed by atoms with van der Waals surface area (Å²) < 4.78 is 4.69. The van der Waals surface area contributed by atoms with Gasteiger partial charge in [-0.25, -0.2) is 0 Å². The van der Waals surface area contributed by atoms with Crippen molar-refractivity contribution in [1.82, 2.24) is 0 Å². The molecule has 0 aliphatic heterocycles. The number of Topliss-reactive ketones (excluding diaryl/α,β-unsaturated/α-hetero) is 1. The van der Waals surface area contributed by atoms with Gasteiger partial charge in [0.15, 0.2) is 5.78 Å². The van der Waals surface area contributed by atoms with E-state index in [1.165, 1.54) is 24.3 Å². The number of esters is 1. The highest BCUT2D eigenvalue weighted by Crippen LogP contribution is 2.16. The van der Waals surface area contributed by atoms with Gasteiger partial charge in [-0.15, -0.1) is 0 Å². The summed E-state index contributed by atoms with van der Waals surface area (Å²) in [6.45, 7) is 3.44. The van der Waals surface area contributed by atoms with Crippen LogP contribution in [0.4, 0.5) is 5.69 Å². The van der Waals surface area contributed by atoms with E-state index >= 15 is 0 Å². The molecule has 1 aromatic rings. The van der Waals surface area contributed by atoms with E-state index in [4.69, 9.17) is 0 Å². The smallest absolute Gasteiger partial charge is 0.313 e. The van der Waals surface area contributed by atoms with Crippen LogP contribution in [0.2, 0.25) is 0 Å². The number of allylic oxidation sites excluding steroid dienone is 1. The minimum atomic E-state index is -0.579. The largest absolute Gasteiger partial charge is 0.466 e. The average molecular weight is 277 g/mol. The standard InChI is InChI=1S/C14H15NO5/c1-3-20-14(17)9-13(16)10(2)7-11-5-4-6-12(8-11)15(18)19/h4-8H,3,9H2,1-2H3. The number of non-ortho nitro benzene ring substituents is 1. The predicted octanol–water partition coefficient (Wildman–Crippen LogP) is 2.52. The van der Waals surface area contributed by atoms with Gasteiger partial charge in [0, 0.05) is 12.1 Å². The summed E-state index contributed by atoms with van der Waals surface area (Å²) in [4.78, 5) is 33.1. The number of hydrogen-bond donors (Lipinski definition) is 0. The van der Waals surface area contributed by atoms with E-state index in [9.17, 15) is 19.7 Å². The quantitative estimate of drug-likeness (QED) is 0.262. The lowest BCUT2D eigenvalue weighted by Gasteiger charge is -2.02. The Bertz CT molecular complexity index is 562. The van der Waals surface area contributed by atoms with Crippen molar-refractivity contribution in [3.8, 4) is 0 Å². The number of carbonyl (C=O) groups excluding carboxylic acids is 2. The van der Waals surface area contributed by atoms with Crippen LogP contribution in [0.15, 0.2) is 29.8 Å². The Morgan fingerprint density at radius 1 is 1.40 bits per heavy atom. The molecule has 0 fully saturated rings. The lowest BCUT2D eigenvalue weighted by atomic mass is 10.1. The van der Waals surface area contributed by atoms with Crippen molar-refractivity contribution < 1.29 is 19.2 Å². The number of ether oxygens (including phenoxy) is 1. The zero-order valence-electron chi connectivity index (χ0n) is 11.3. The summed E-state index contributed by atoms with van der Waals surface area (Å²) in [5, 5.41) is 10.6. The summed E-state index contributed by atoms with van der Waals surface area (Å²) in [7, 11) is 0. The Morgan fingerprint density at radius 3 is 2.70 bits per heavy atom. The molecular formula is C14H15NO5. The fraction of sp³-hybridized carbons (Fsp3) is 0.286. The van der Waals surface area contributed by atoms with Crippen LogP contribution in [0.1, 0.15) is 25.8 Å². The number of hydrogen-bond acceptors (Lipinski definition) is 5. The molecule has 6 nitrogen and oxygen atoms in total. The topological polar surface area (TPSA) is 86.5 Å². The molecule has 20 heavy (non-hydrogen) atoms. The highest BCUT2D eigenvalue weighted by atomic mass is 16.6. The van der Waals surface area contributed by atoms with Gasteiger partial charge in [-0.3, -0.25) is 19.7 Å². The second-order valence-corrected chi connectivity index (χ2v) is 4.08. The Labute approximate surface area is 116 Å². The first-order valence-corrected chi connectivity index (χ1v) is 6.05. The van der Waals surface area contributed by atoms with Crippen molar-refractivity contribution in [3.05, 3.63) is 45.5 Å². The lowest BCUT2D eigenvalue weighted by Crippen LogP contribution is -2.11. The normalized spacial score (nSPS) is 11.0. The van der Waals surface area contributed by atoms with E-state index in [2.05, 4.69) is 4.74 Å². The van der Waals surface area contributed by atoms with Crippen molar-refractivity contribution in [2.24, 2.45) is 0 Å². The molecule has 0 heterocycles. The third-order valence-electron chi connectivity index (χ3n) is 2.51. The van der Waals surface area contributed by atoms with Crippen LogP contribution in [0.25, 0.3) is 6.08 Å². The number of carbonyl (C=O) groups is 2. The van der Waals surface area contributed by atoms with Crippen LogP contribution in [-0.2, 0) is 14.3 Å². The summed E-state index contributed by atoms with van der Waals surface area (Å²) in [5.41, 5.74) is 0.830. The van der Waals surface area contributed by atoms with Crippen molar-refractivity contribution in [2.45, 2.75) is 20.3 Å². The molecule has 6 heteroatoms. The van der Waals surface area contributed by atoms with E-state index in [0.717, 1.165) is 0 Å². The molecule has 0 unspecified atom stereocenters. The van der Waals surface area contributed by atoms with E-state index in [1.807, 2.05) is 0 Å². The Balaban J connectivity index is 2.82. The van der Waals surface area contributed by atoms with Gasteiger partial charge < -0.3 is 4.74 Å². The van der Waals surface area contributed by atoms with Gasteiger partial charge in [0.05, 0.1) is 11.5 Å². The van der Waals surface area contributed by atoms with Crippen molar-refractivity contribution >= 4 is 23.5 Å². The van der Waals surface area contributed by atoms with Gasteiger partial charge in [0.2, 0.25) is 0 Å². The van der Waals surface area contributed by atoms with Crippen molar-refractivity contribution in [1.29, 1.82) is 0 Å². The Morgan fingerprint density at radius 2 is 2.10 bits per heavy atom. The molecule has 0 saturated carbocycles. The van der Waals surface area contributed by atoms with Gasteiger partial charge >= 0.3 is 5.97 Å². The van der Waals surface area contributed by atoms with Crippen molar-refractivity contribution in [2.75, 3.05) is 6.61 Å². The molecule has 0 aliphatic carbocycles. The molecule has 0 amide bonds. The number of nitro groups is 1. The predicted molar refractivity (Wildman–Crippen MR) is 73.0 cm³/mol. The Kier molecular flexibility index (Phi) is 5.58. The number of nitro benzene ring substituents is 1. The molecular weight excluding hydrogens is 262 g/mol. The fourth-order valence-corrected chi connectivity index (χ4v) is 1.54. The zero-order valence-corrected chi connectivity index (χ0v) is 11.3. The Hall–Kier alpha value is -2.50. The molecule has 106 valence electrons. The summed E-state index contributed by atoms with van der Waals surface area (Å²) in [6, 6.07) is 5.91. The molecule has 0 aliphatic rings. The van der Waals surface area contributed by atoms with Crippen LogP contribution >= 0.6 is 0 Å². The number of benzene rings is 1. The van der Waals surface area contributed by atoms with Crippen LogP contribution in [0.3, 0.4) is 0 Å². The van der Waals surface area contributed by atoms with E-state index in [0.29, 0.717) is 11.1 Å². The van der Waals surface area contributed by atoms with Gasteiger partial charge in [-0.05, 0) is 31.1 Å². The van der Waals surface area contributed by atoms with Gasteiger partial charge in [-0.2, -0.15) is 0 Å². The summed E-state index contributed by atoms with van der Waals surface area (Å²) in [6.07, 6.45) is 1.18. The summed E-state index contributed by atoms with van der Waals surface area (Å²) >= 11 is 0. The zero-order chi connectivity index (χ0) is 15.1. The number of nitrogens with zero attached hydrogens (tertiary/aromatic N) is 1. The first-order valence-electron chi connectivity index (χ1n) is 6.05. The molecule has 1 rings (SSSR count). The van der Waals surface area contributed by atoms with Crippen LogP contribution in [-0.4, -0.2) is 23.3 Å². The molecule has 0 saturated heterocycles. The van der Waals surface area contributed by atoms with E-state index < -0.39 is 10.9 Å². The second kappa shape index (κ2) is 7.18. The number of ketones is 1. The lowest BCUT2D eigenvalue weighted by molar-refractivity contribution is -0.384. The maximum Gasteiger partial charge on any atom is 0.313 e. The highest BCUT2D eigenvalue weighted by molar-refractivity contribution is 6.07. The molecule has 1 aromatic carbocycles. The minimum Gasteiger partial charge on any atom is -0.466 e. The molecule has 0 radical (unpaired) electrons. The second-order valence-electron chi connectivity index (χ2n) is 4.08.